The van der Waals surface area contributed by atoms with Gasteiger partial charge in [-0.15, -0.1) is 0 Å². The molecule has 0 spiro atoms. The van der Waals surface area contributed by atoms with Crippen molar-refractivity contribution < 1.29 is 4.79 Å². The molecular weight excluding hydrogens is 222 g/mol. The van der Waals surface area contributed by atoms with E-state index in [1.165, 1.54) is 16.7 Å². The summed E-state index contributed by atoms with van der Waals surface area (Å²) >= 11 is 0. The lowest BCUT2D eigenvalue weighted by atomic mass is 9.95. The zero-order valence-electron chi connectivity index (χ0n) is 11.1. The molecule has 1 aliphatic carbocycles. The number of nitrogens with zero attached hydrogens (tertiary/aromatic N) is 1. The van der Waals surface area contributed by atoms with Gasteiger partial charge < -0.3 is 0 Å². The van der Waals surface area contributed by atoms with Gasteiger partial charge in [-0.25, -0.2) is 0 Å². The van der Waals surface area contributed by atoms with Gasteiger partial charge in [0.25, 0.3) is 0 Å². The summed E-state index contributed by atoms with van der Waals surface area (Å²) < 4.78 is 0. The molecule has 3 rings (SSSR count). The molecule has 0 aliphatic heterocycles. The maximum Gasteiger partial charge on any atom is 0.160 e. The molecule has 92 valence electrons. The Morgan fingerprint density at radius 1 is 1.22 bits per heavy atom. The van der Waals surface area contributed by atoms with E-state index < -0.39 is 0 Å². The lowest BCUT2D eigenvalue weighted by Gasteiger charge is -2.12. The topological polar surface area (TPSA) is 30.0 Å². The molecule has 1 aromatic carbocycles. The van der Waals surface area contributed by atoms with Crippen molar-refractivity contribution in [1.29, 1.82) is 0 Å². The Morgan fingerprint density at radius 2 is 2.00 bits per heavy atom. The van der Waals surface area contributed by atoms with Crippen molar-refractivity contribution in [2.24, 2.45) is 0 Å². The third kappa shape index (κ3) is 1.56. The van der Waals surface area contributed by atoms with Gasteiger partial charge in [-0.05, 0) is 57.2 Å². The Labute approximate surface area is 107 Å². The van der Waals surface area contributed by atoms with Gasteiger partial charge in [0.15, 0.2) is 5.78 Å². The highest BCUT2D eigenvalue weighted by Crippen LogP contribution is 2.32. The number of rotatable bonds is 1. The summed E-state index contributed by atoms with van der Waals surface area (Å²) in [7, 11) is 0. The molecule has 0 saturated heterocycles. The van der Waals surface area contributed by atoms with Crippen molar-refractivity contribution in [2.75, 3.05) is 0 Å². The maximum atomic E-state index is 12.0. The summed E-state index contributed by atoms with van der Waals surface area (Å²) in [6.45, 7) is 5.82. The van der Waals surface area contributed by atoms with Crippen LogP contribution in [0.4, 0.5) is 0 Å². The fourth-order valence-electron chi connectivity index (χ4n) is 3.12. The van der Waals surface area contributed by atoms with E-state index in [-0.39, 0.29) is 5.78 Å². The molecule has 18 heavy (non-hydrogen) atoms. The van der Waals surface area contributed by atoms with E-state index in [1.54, 1.807) is 6.92 Å². The zero-order chi connectivity index (χ0) is 12.9. The van der Waals surface area contributed by atoms with E-state index in [0.29, 0.717) is 0 Å². The van der Waals surface area contributed by atoms with Crippen LogP contribution < -0.4 is 0 Å². The number of Topliss-reactive ketones (excluding diaryl/α,β-unsaturated/α-hetero) is 1. The van der Waals surface area contributed by atoms with Crippen molar-refractivity contribution in [1.82, 2.24) is 4.98 Å². The van der Waals surface area contributed by atoms with Crippen molar-refractivity contribution in [2.45, 2.75) is 40.0 Å². The van der Waals surface area contributed by atoms with Crippen LogP contribution in [0.3, 0.4) is 0 Å². The molecule has 0 bridgehead atoms. The Bertz CT molecular complexity index is 671. The molecule has 2 nitrogen and oxygen atoms in total. The molecule has 0 fully saturated rings. The Morgan fingerprint density at radius 3 is 2.72 bits per heavy atom. The van der Waals surface area contributed by atoms with Crippen LogP contribution in [0, 0.1) is 13.8 Å². The standard InChI is InChI=1S/C16H17NO/c1-9-7-10(2)16-13(8-9)15(11(3)18)12-5-4-6-14(12)17-16/h7-8H,4-6H2,1-3H3. The van der Waals surface area contributed by atoms with Crippen LogP contribution in [0.5, 0.6) is 0 Å². The third-order valence-electron chi connectivity index (χ3n) is 3.80. The Kier molecular flexibility index (Phi) is 2.47. The molecule has 0 radical (unpaired) electrons. The van der Waals surface area contributed by atoms with Crippen LogP contribution >= 0.6 is 0 Å². The number of hydrogen-bond donors (Lipinski definition) is 0. The second-order valence-corrected chi connectivity index (χ2v) is 5.30. The minimum Gasteiger partial charge on any atom is -0.294 e. The SMILES string of the molecule is CC(=O)c1c2c(nc3c(C)cc(C)cc13)CCC2. The fraction of sp³-hybridized carbons (Fsp3) is 0.375. The van der Waals surface area contributed by atoms with Crippen molar-refractivity contribution in [3.05, 3.63) is 40.1 Å². The molecule has 0 amide bonds. The summed E-state index contributed by atoms with van der Waals surface area (Å²) in [5, 5.41) is 1.04. The molecule has 0 N–H and O–H groups in total. The Hall–Kier alpha value is -1.70. The van der Waals surface area contributed by atoms with Crippen LogP contribution in [-0.2, 0) is 12.8 Å². The second kappa shape index (κ2) is 3.91. The average molecular weight is 239 g/mol. The van der Waals surface area contributed by atoms with Gasteiger partial charge >= 0.3 is 0 Å². The minimum atomic E-state index is 0.172. The molecular formula is C16H17NO. The fourth-order valence-corrected chi connectivity index (χ4v) is 3.12. The lowest BCUT2D eigenvalue weighted by molar-refractivity contribution is 0.101. The molecule has 2 aromatic rings. The summed E-state index contributed by atoms with van der Waals surface area (Å²) in [5.74, 6) is 0.172. The highest BCUT2D eigenvalue weighted by molar-refractivity contribution is 6.08. The van der Waals surface area contributed by atoms with E-state index in [2.05, 4.69) is 26.0 Å². The monoisotopic (exact) mass is 239 g/mol. The number of benzene rings is 1. The predicted octanol–water partition coefficient (Wildman–Crippen LogP) is 3.54. The molecule has 1 aromatic heterocycles. The number of pyridine rings is 1. The summed E-state index contributed by atoms with van der Waals surface area (Å²) in [6, 6.07) is 4.24. The first-order valence-corrected chi connectivity index (χ1v) is 6.51. The smallest absolute Gasteiger partial charge is 0.160 e. The first-order chi connectivity index (χ1) is 8.58. The first kappa shape index (κ1) is 11.4. The Balaban J connectivity index is 2.50. The number of hydrogen-bond acceptors (Lipinski definition) is 2. The summed E-state index contributed by atoms with van der Waals surface area (Å²) in [5.41, 5.74) is 6.62. The molecule has 2 heteroatoms. The van der Waals surface area contributed by atoms with Gasteiger partial charge in [0, 0.05) is 16.6 Å². The highest BCUT2D eigenvalue weighted by Gasteiger charge is 2.22. The van der Waals surface area contributed by atoms with Gasteiger partial charge in [0.1, 0.15) is 0 Å². The lowest BCUT2D eigenvalue weighted by Crippen LogP contribution is -2.04. The first-order valence-electron chi connectivity index (χ1n) is 6.51. The number of ketones is 1. The molecule has 0 saturated carbocycles. The third-order valence-corrected chi connectivity index (χ3v) is 3.80. The van der Waals surface area contributed by atoms with Gasteiger partial charge in [0.05, 0.1) is 5.52 Å². The number of aromatic nitrogens is 1. The van der Waals surface area contributed by atoms with Crippen LogP contribution in [-0.4, -0.2) is 10.8 Å². The summed E-state index contributed by atoms with van der Waals surface area (Å²) in [6.07, 6.45) is 3.13. The van der Waals surface area contributed by atoms with Gasteiger partial charge in [-0.3, -0.25) is 9.78 Å². The van der Waals surface area contributed by atoms with Gasteiger partial charge in [-0.2, -0.15) is 0 Å². The van der Waals surface area contributed by atoms with Gasteiger partial charge in [0.2, 0.25) is 0 Å². The van der Waals surface area contributed by atoms with Crippen LogP contribution in [0.1, 0.15) is 46.1 Å². The van der Waals surface area contributed by atoms with Crippen molar-refractivity contribution >= 4 is 16.7 Å². The molecule has 1 aliphatic rings. The van der Waals surface area contributed by atoms with Crippen molar-refractivity contribution in [3.63, 3.8) is 0 Å². The number of fused-ring (bicyclic) bond motifs is 2. The van der Waals surface area contributed by atoms with Crippen molar-refractivity contribution in [3.8, 4) is 0 Å². The predicted molar refractivity (Wildman–Crippen MR) is 73.2 cm³/mol. The highest BCUT2D eigenvalue weighted by atomic mass is 16.1. The largest absolute Gasteiger partial charge is 0.294 e. The molecule has 1 heterocycles. The van der Waals surface area contributed by atoms with E-state index in [9.17, 15) is 4.79 Å². The maximum absolute atomic E-state index is 12.0. The minimum absolute atomic E-state index is 0.172. The normalized spacial score (nSPS) is 13.9. The number of carbonyl (C=O) groups excluding carboxylic acids is 1. The second-order valence-electron chi connectivity index (χ2n) is 5.30. The number of aryl methyl sites for hydroxylation is 3. The quantitative estimate of drug-likeness (QED) is 0.712. The number of carbonyl (C=O) groups is 1. The van der Waals surface area contributed by atoms with Crippen LogP contribution in [0.2, 0.25) is 0 Å². The summed E-state index contributed by atoms with van der Waals surface area (Å²) in [4.78, 5) is 16.8. The molecule has 0 atom stereocenters. The van der Waals surface area contributed by atoms with E-state index in [1.807, 2.05) is 0 Å². The zero-order valence-corrected chi connectivity index (χ0v) is 11.1. The molecule has 0 unspecified atom stereocenters. The van der Waals surface area contributed by atoms with E-state index in [4.69, 9.17) is 4.98 Å². The average Bonchev–Trinajstić information content (AvgIpc) is 2.73. The van der Waals surface area contributed by atoms with E-state index >= 15 is 0 Å². The van der Waals surface area contributed by atoms with Gasteiger partial charge in [-0.1, -0.05) is 11.6 Å². The van der Waals surface area contributed by atoms with Crippen LogP contribution in [0.15, 0.2) is 12.1 Å². The van der Waals surface area contributed by atoms with Crippen LogP contribution in [0.25, 0.3) is 10.9 Å². The van der Waals surface area contributed by atoms with E-state index in [0.717, 1.165) is 41.4 Å².